The highest BCUT2D eigenvalue weighted by Crippen LogP contribution is 2.30. The molecule has 0 spiro atoms. The summed E-state index contributed by atoms with van der Waals surface area (Å²) < 4.78 is 2.08. The lowest BCUT2D eigenvalue weighted by atomic mass is 9.92. The molecule has 0 saturated heterocycles. The zero-order valence-electron chi connectivity index (χ0n) is 13.8. The summed E-state index contributed by atoms with van der Waals surface area (Å²) in [6.07, 6.45) is 1.78. The van der Waals surface area contributed by atoms with Crippen molar-refractivity contribution >= 4 is 0 Å². The maximum absolute atomic E-state index is 11.2. The SMILES string of the molecule is Cc1ccc(C(C)(O)c2cnc(C)n2Cc2ccccc2)cc1. The lowest BCUT2D eigenvalue weighted by Crippen LogP contribution is -2.27. The third-order valence-electron chi connectivity index (χ3n) is 4.35. The van der Waals surface area contributed by atoms with E-state index in [1.165, 1.54) is 11.1 Å². The largest absolute Gasteiger partial charge is 0.379 e. The number of aryl methyl sites for hydroxylation is 2. The summed E-state index contributed by atoms with van der Waals surface area (Å²) in [4.78, 5) is 4.43. The molecule has 0 aliphatic carbocycles. The predicted octanol–water partition coefficient (Wildman–Crippen LogP) is 3.80. The van der Waals surface area contributed by atoms with Crippen molar-refractivity contribution in [2.24, 2.45) is 0 Å². The Bertz CT molecular complexity index is 786. The van der Waals surface area contributed by atoms with Gasteiger partial charge in [0.15, 0.2) is 0 Å². The number of hydrogen-bond acceptors (Lipinski definition) is 2. The fourth-order valence-corrected chi connectivity index (χ4v) is 2.85. The van der Waals surface area contributed by atoms with Crippen molar-refractivity contribution in [3.8, 4) is 0 Å². The maximum Gasteiger partial charge on any atom is 0.128 e. The number of nitrogens with zero attached hydrogens (tertiary/aromatic N) is 2. The molecule has 0 saturated carbocycles. The second kappa shape index (κ2) is 6.01. The topological polar surface area (TPSA) is 38.1 Å². The van der Waals surface area contributed by atoms with Gasteiger partial charge in [0.1, 0.15) is 11.4 Å². The van der Waals surface area contributed by atoms with Crippen molar-refractivity contribution in [2.75, 3.05) is 0 Å². The normalized spacial score (nSPS) is 13.7. The maximum atomic E-state index is 11.2. The minimum absolute atomic E-state index is 0.698. The molecule has 0 bridgehead atoms. The molecule has 0 aliphatic heterocycles. The van der Waals surface area contributed by atoms with Crippen LogP contribution in [-0.4, -0.2) is 14.7 Å². The van der Waals surface area contributed by atoms with E-state index < -0.39 is 5.60 Å². The Morgan fingerprint density at radius 1 is 1.00 bits per heavy atom. The first-order chi connectivity index (χ1) is 11.0. The standard InChI is InChI=1S/C20H22N2O/c1-15-9-11-18(12-10-15)20(3,23)19-13-21-16(2)22(19)14-17-7-5-4-6-8-17/h4-13,23H,14H2,1-3H3. The van der Waals surface area contributed by atoms with Crippen molar-refractivity contribution in [1.82, 2.24) is 9.55 Å². The van der Waals surface area contributed by atoms with Crippen LogP contribution in [0.5, 0.6) is 0 Å². The van der Waals surface area contributed by atoms with Gasteiger partial charge in [0.05, 0.1) is 11.9 Å². The van der Waals surface area contributed by atoms with Crippen molar-refractivity contribution in [2.45, 2.75) is 32.9 Å². The number of hydrogen-bond donors (Lipinski definition) is 1. The molecule has 0 radical (unpaired) electrons. The number of aliphatic hydroxyl groups is 1. The summed E-state index contributed by atoms with van der Waals surface area (Å²) in [7, 11) is 0. The van der Waals surface area contributed by atoms with Crippen LogP contribution >= 0.6 is 0 Å². The van der Waals surface area contributed by atoms with Gasteiger partial charge in [-0.1, -0.05) is 60.2 Å². The van der Waals surface area contributed by atoms with Gasteiger partial charge in [-0.2, -0.15) is 0 Å². The lowest BCUT2D eigenvalue weighted by Gasteiger charge is -2.26. The molecule has 1 atom stereocenters. The van der Waals surface area contributed by atoms with Crippen molar-refractivity contribution in [3.05, 3.63) is 89.0 Å². The van der Waals surface area contributed by atoms with Crippen LogP contribution < -0.4 is 0 Å². The number of imidazole rings is 1. The zero-order valence-corrected chi connectivity index (χ0v) is 13.8. The first-order valence-electron chi connectivity index (χ1n) is 7.84. The Kier molecular flexibility index (Phi) is 4.05. The van der Waals surface area contributed by atoms with Gasteiger partial charge >= 0.3 is 0 Å². The van der Waals surface area contributed by atoms with Crippen LogP contribution in [0.15, 0.2) is 60.8 Å². The minimum atomic E-state index is -1.08. The fourth-order valence-electron chi connectivity index (χ4n) is 2.85. The first-order valence-corrected chi connectivity index (χ1v) is 7.84. The Hall–Kier alpha value is -2.39. The molecular formula is C20H22N2O. The molecule has 1 N–H and O–H groups in total. The van der Waals surface area contributed by atoms with Crippen LogP contribution in [-0.2, 0) is 12.1 Å². The predicted molar refractivity (Wildman–Crippen MR) is 92.4 cm³/mol. The number of aromatic nitrogens is 2. The summed E-state index contributed by atoms with van der Waals surface area (Å²) in [5.74, 6) is 0.899. The molecule has 0 aliphatic rings. The molecule has 3 rings (SSSR count). The molecular weight excluding hydrogens is 284 g/mol. The summed E-state index contributed by atoms with van der Waals surface area (Å²) in [5.41, 5.74) is 2.97. The van der Waals surface area contributed by atoms with E-state index in [0.29, 0.717) is 6.54 Å². The second-order valence-corrected chi connectivity index (χ2v) is 6.20. The molecule has 1 unspecified atom stereocenters. The average Bonchev–Trinajstić information content (AvgIpc) is 2.90. The van der Waals surface area contributed by atoms with E-state index in [-0.39, 0.29) is 0 Å². The highest BCUT2D eigenvalue weighted by molar-refractivity contribution is 5.34. The van der Waals surface area contributed by atoms with Gasteiger partial charge in [-0.25, -0.2) is 4.98 Å². The fraction of sp³-hybridized carbons (Fsp3) is 0.250. The Morgan fingerprint density at radius 3 is 2.30 bits per heavy atom. The molecule has 3 aromatic rings. The van der Waals surface area contributed by atoms with Crippen LogP contribution in [0.3, 0.4) is 0 Å². The minimum Gasteiger partial charge on any atom is -0.379 e. The van der Waals surface area contributed by atoms with Gasteiger partial charge in [-0.15, -0.1) is 0 Å². The highest BCUT2D eigenvalue weighted by atomic mass is 16.3. The van der Waals surface area contributed by atoms with Crippen LogP contribution in [0.4, 0.5) is 0 Å². The summed E-state index contributed by atoms with van der Waals surface area (Å²) in [5, 5.41) is 11.2. The lowest BCUT2D eigenvalue weighted by molar-refractivity contribution is 0.0933. The molecule has 3 nitrogen and oxygen atoms in total. The van der Waals surface area contributed by atoms with Gasteiger partial charge in [-0.05, 0) is 31.9 Å². The van der Waals surface area contributed by atoms with Crippen LogP contribution in [0, 0.1) is 13.8 Å². The van der Waals surface area contributed by atoms with Crippen molar-refractivity contribution in [1.29, 1.82) is 0 Å². The van der Waals surface area contributed by atoms with E-state index >= 15 is 0 Å². The summed E-state index contributed by atoms with van der Waals surface area (Å²) in [6.45, 7) is 6.54. The molecule has 118 valence electrons. The quantitative estimate of drug-likeness (QED) is 0.796. The van der Waals surface area contributed by atoms with Gasteiger partial charge < -0.3 is 9.67 Å². The molecule has 1 heterocycles. The van der Waals surface area contributed by atoms with E-state index in [9.17, 15) is 5.11 Å². The smallest absolute Gasteiger partial charge is 0.128 e. The number of benzene rings is 2. The highest BCUT2D eigenvalue weighted by Gasteiger charge is 2.30. The molecule has 1 aromatic heterocycles. The first kappa shape index (κ1) is 15.5. The van der Waals surface area contributed by atoms with E-state index in [1.54, 1.807) is 6.20 Å². The van der Waals surface area contributed by atoms with Gasteiger partial charge in [0.25, 0.3) is 0 Å². The number of rotatable bonds is 4. The monoisotopic (exact) mass is 306 g/mol. The van der Waals surface area contributed by atoms with E-state index in [1.807, 2.05) is 63.2 Å². The van der Waals surface area contributed by atoms with E-state index in [0.717, 1.165) is 17.1 Å². The Balaban J connectivity index is 2.01. The van der Waals surface area contributed by atoms with Crippen molar-refractivity contribution in [3.63, 3.8) is 0 Å². The van der Waals surface area contributed by atoms with Crippen LogP contribution in [0.1, 0.15) is 35.1 Å². The van der Waals surface area contributed by atoms with Crippen molar-refractivity contribution < 1.29 is 5.11 Å². The van der Waals surface area contributed by atoms with E-state index in [4.69, 9.17) is 0 Å². The summed E-state index contributed by atoms with van der Waals surface area (Å²) in [6, 6.07) is 18.2. The Morgan fingerprint density at radius 2 is 1.65 bits per heavy atom. The molecule has 0 amide bonds. The average molecular weight is 306 g/mol. The molecule has 23 heavy (non-hydrogen) atoms. The third kappa shape index (κ3) is 3.06. The Labute approximate surface area is 137 Å². The van der Waals surface area contributed by atoms with Gasteiger partial charge in [0, 0.05) is 6.54 Å². The van der Waals surface area contributed by atoms with Crippen LogP contribution in [0.25, 0.3) is 0 Å². The third-order valence-corrected chi connectivity index (χ3v) is 4.35. The molecule has 0 fully saturated rings. The second-order valence-electron chi connectivity index (χ2n) is 6.20. The van der Waals surface area contributed by atoms with Gasteiger partial charge in [-0.3, -0.25) is 0 Å². The van der Waals surface area contributed by atoms with E-state index in [2.05, 4.69) is 21.7 Å². The molecule has 3 heteroatoms. The molecule has 2 aromatic carbocycles. The zero-order chi connectivity index (χ0) is 16.4. The van der Waals surface area contributed by atoms with Crippen LogP contribution in [0.2, 0.25) is 0 Å². The summed E-state index contributed by atoms with van der Waals surface area (Å²) >= 11 is 0. The van der Waals surface area contributed by atoms with Gasteiger partial charge in [0.2, 0.25) is 0 Å².